The van der Waals surface area contributed by atoms with E-state index in [0.717, 1.165) is 5.92 Å². The summed E-state index contributed by atoms with van der Waals surface area (Å²) < 4.78 is 0. The van der Waals surface area contributed by atoms with Gasteiger partial charge in [-0.05, 0) is 30.8 Å². The average molecular weight is 122 g/mol. The maximum Gasteiger partial charge on any atom is -0.0194 e. The van der Waals surface area contributed by atoms with Crippen molar-refractivity contribution in [2.75, 3.05) is 0 Å². The summed E-state index contributed by atoms with van der Waals surface area (Å²) in [6.45, 7) is 6.04. The molecule has 1 atom stereocenters. The lowest BCUT2D eigenvalue weighted by Gasteiger charge is -2.16. The van der Waals surface area contributed by atoms with Gasteiger partial charge in [-0.15, -0.1) is 0 Å². The van der Waals surface area contributed by atoms with Gasteiger partial charge in [0.1, 0.15) is 0 Å². The Bertz CT molecular complexity index is 131. The predicted molar refractivity (Wildman–Crippen MR) is 41.3 cm³/mol. The highest BCUT2D eigenvalue weighted by Crippen LogP contribution is 2.24. The molecule has 0 aliphatic heterocycles. The van der Waals surface area contributed by atoms with Gasteiger partial charge in [-0.3, -0.25) is 0 Å². The second-order valence-corrected chi connectivity index (χ2v) is 2.74. The Morgan fingerprint density at radius 3 is 3.00 bits per heavy atom. The quantitative estimate of drug-likeness (QED) is 0.501. The van der Waals surface area contributed by atoms with Gasteiger partial charge in [-0.25, -0.2) is 0 Å². The Kier molecular flexibility index (Phi) is 2.10. The van der Waals surface area contributed by atoms with Crippen molar-refractivity contribution in [1.82, 2.24) is 0 Å². The first-order chi connectivity index (χ1) is 4.34. The van der Waals surface area contributed by atoms with Gasteiger partial charge >= 0.3 is 0 Å². The molecule has 1 rings (SSSR count). The first kappa shape index (κ1) is 6.60. The monoisotopic (exact) mass is 122 g/mol. The number of allylic oxidation sites excluding steroid dienone is 3. The van der Waals surface area contributed by atoms with Crippen LogP contribution in [0.2, 0.25) is 0 Å². The molecule has 0 bridgehead atoms. The van der Waals surface area contributed by atoms with Crippen LogP contribution in [-0.4, -0.2) is 0 Å². The molecule has 0 aromatic rings. The summed E-state index contributed by atoms with van der Waals surface area (Å²) in [7, 11) is 0. The van der Waals surface area contributed by atoms with Crippen molar-refractivity contribution in [3.05, 3.63) is 24.3 Å². The molecule has 0 spiro atoms. The van der Waals surface area contributed by atoms with Gasteiger partial charge in [0.2, 0.25) is 0 Å². The lowest BCUT2D eigenvalue weighted by atomic mass is 9.89. The molecule has 1 unspecified atom stereocenters. The predicted octanol–water partition coefficient (Wildman–Crippen LogP) is 2.92. The van der Waals surface area contributed by atoms with Crippen LogP contribution in [0.15, 0.2) is 24.3 Å². The van der Waals surface area contributed by atoms with Gasteiger partial charge in [0.25, 0.3) is 0 Å². The third-order valence-electron chi connectivity index (χ3n) is 2.03. The fourth-order valence-corrected chi connectivity index (χ4v) is 1.35. The van der Waals surface area contributed by atoms with Crippen LogP contribution in [0.3, 0.4) is 0 Å². The molecule has 0 aromatic carbocycles. The van der Waals surface area contributed by atoms with E-state index < -0.39 is 0 Å². The first-order valence-corrected chi connectivity index (χ1v) is 3.67. The van der Waals surface area contributed by atoms with Gasteiger partial charge in [-0.1, -0.05) is 25.7 Å². The smallest absolute Gasteiger partial charge is 0.0194 e. The minimum absolute atomic E-state index is 0.760. The first-order valence-electron chi connectivity index (χ1n) is 3.67. The zero-order valence-electron chi connectivity index (χ0n) is 6.06. The van der Waals surface area contributed by atoms with Gasteiger partial charge in [0, 0.05) is 0 Å². The van der Waals surface area contributed by atoms with E-state index in [9.17, 15) is 0 Å². The highest BCUT2D eigenvalue weighted by atomic mass is 14.1. The molecule has 1 aliphatic carbocycles. The molecule has 0 N–H and O–H groups in total. The maximum atomic E-state index is 3.77. The fraction of sp³-hybridized carbons (Fsp3) is 0.556. The van der Waals surface area contributed by atoms with Crippen LogP contribution in [0.25, 0.3) is 0 Å². The van der Waals surface area contributed by atoms with Crippen LogP contribution in [0.1, 0.15) is 26.2 Å². The van der Waals surface area contributed by atoms with Gasteiger partial charge in [0.05, 0.1) is 0 Å². The third-order valence-corrected chi connectivity index (χ3v) is 2.03. The van der Waals surface area contributed by atoms with Crippen molar-refractivity contribution in [1.29, 1.82) is 0 Å². The lowest BCUT2D eigenvalue weighted by Crippen LogP contribution is -2.01. The Morgan fingerprint density at radius 2 is 2.56 bits per heavy atom. The molecule has 0 aromatic heterocycles. The number of rotatable bonds is 1. The van der Waals surface area contributed by atoms with E-state index in [2.05, 4.69) is 19.6 Å². The third kappa shape index (κ3) is 1.44. The summed E-state index contributed by atoms with van der Waals surface area (Å²) >= 11 is 0. The minimum atomic E-state index is 0.760. The summed E-state index contributed by atoms with van der Waals surface area (Å²) in [4.78, 5) is 0. The summed E-state index contributed by atoms with van der Waals surface area (Å²) in [5, 5.41) is 0. The summed E-state index contributed by atoms with van der Waals surface area (Å²) in [5.41, 5.74) is 1.45. The Morgan fingerprint density at radius 1 is 1.78 bits per heavy atom. The van der Waals surface area contributed by atoms with Crippen LogP contribution in [0.5, 0.6) is 0 Å². The molecular formula is C9H14. The molecule has 0 saturated carbocycles. The molecule has 0 radical (unpaired) electrons. The van der Waals surface area contributed by atoms with Crippen molar-refractivity contribution in [3.8, 4) is 0 Å². The molecule has 0 amide bonds. The largest absolute Gasteiger partial charge is 0.0988 e. The molecule has 0 heterocycles. The standard InChI is InChI=1S/C9H14/c1-3-9-7-5-4-6-8(9)2/h3,7-8H,1,4-6H2,2H3. The summed E-state index contributed by atoms with van der Waals surface area (Å²) in [6.07, 6.45) is 8.26. The average Bonchev–Trinajstić information content (AvgIpc) is 1.89. The van der Waals surface area contributed by atoms with Gasteiger partial charge in [-0.2, -0.15) is 0 Å². The molecule has 0 nitrogen and oxygen atoms in total. The Balaban J connectivity index is 2.63. The summed E-state index contributed by atoms with van der Waals surface area (Å²) in [6, 6.07) is 0. The van der Waals surface area contributed by atoms with E-state index in [-0.39, 0.29) is 0 Å². The minimum Gasteiger partial charge on any atom is -0.0988 e. The molecule has 0 saturated heterocycles. The van der Waals surface area contributed by atoms with Crippen LogP contribution in [0.4, 0.5) is 0 Å². The number of hydrogen-bond acceptors (Lipinski definition) is 0. The topological polar surface area (TPSA) is 0 Å². The van der Waals surface area contributed by atoms with Gasteiger partial charge < -0.3 is 0 Å². The van der Waals surface area contributed by atoms with Crippen molar-refractivity contribution in [2.24, 2.45) is 5.92 Å². The van der Waals surface area contributed by atoms with Crippen LogP contribution in [-0.2, 0) is 0 Å². The van der Waals surface area contributed by atoms with Crippen molar-refractivity contribution >= 4 is 0 Å². The van der Waals surface area contributed by atoms with E-state index >= 15 is 0 Å². The van der Waals surface area contributed by atoms with Crippen LogP contribution in [0, 0.1) is 5.92 Å². The fourth-order valence-electron chi connectivity index (χ4n) is 1.35. The van der Waals surface area contributed by atoms with E-state index in [0.29, 0.717) is 0 Å². The normalized spacial score (nSPS) is 27.2. The molecule has 50 valence electrons. The van der Waals surface area contributed by atoms with Crippen molar-refractivity contribution < 1.29 is 0 Å². The van der Waals surface area contributed by atoms with E-state index in [1.165, 1.54) is 24.8 Å². The highest BCUT2D eigenvalue weighted by Gasteiger charge is 2.08. The van der Waals surface area contributed by atoms with Crippen LogP contribution >= 0.6 is 0 Å². The summed E-state index contributed by atoms with van der Waals surface area (Å²) in [5.74, 6) is 0.760. The van der Waals surface area contributed by atoms with Crippen LogP contribution < -0.4 is 0 Å². The second-order valence-electron chi connectivity index (χ2n) is 2.74. The molecule has 0 fully saturated rings. The zero-order valence-corrected chi connectivity index (χ0v) is 6.06. The number of hydrogen-bond donors (Lipinski definition) is 0. The second kappa shape index (κ2) is 2.86. The Hall–Kier alpha value is -0.520. The highest BCUT2D eigenvalue weighted by molar-refractivity contribution is 5.20. The Labute approximate surface area is 57.3 Å². The molecule has 1 aliphatic rings. The van der Waals surface area contributed by atoms with E-state index in [4.69, 9.17) is 0 Å². The SMILES string of the molecule is C=CC1=CCCCC1C. The zero-order chi connectivity index (χ0) is 6.69. The van der Waals surface area contributed by atoms with Crippen molar-refractivity contribution in [3.63, 3.8) is 0 Å². The maximum absolute atomic E-state index is 3.77. The lowest BCUT2D eigenvalue weighted by molar-refractivity contribution is 0.563. The molecule has 9 heavy (non-hydrogen) atoms. The van der Waals surface area contributed by atoms with Gasteiger partial charge in [0.15, 0.2) is 0 Å². The molecule has 0 heteroatoms. The van der Waals surface area contributed by atoms with E-state index in [1.807, 2.05) is 6.08 Å². The van der Waals surface area contributed by atoms with E-state index in [1.54, 1.807) is 0 Å². The molecular weight excluding hydrogens is 108 g/mol. The van der Waals surface area contributed by atoms with Crippen molar-refractivity contribution in [2.45, 2.75) is 26.2 Å².